The summed E-state index contributed by atoms with van der Waals surface area (Å²) in [5.74, 6) is 1.88. The number of amides is 1. The Labute approximate surface area is 206 Å². The van der Waals surface area contributed by atoms with Gasteiger partial charge in [-0.05, 0) is 78.4 Å². The lowest BCUT2D eigenvalue weighted by atomic mass is 10.2. The molecule has 2 heterocycles. The molecule has 0 saturated heterocycles. The predicted molar refractivity (Wildman–Crippen MR) is 140 cm³/mol. The van der Waals surface area contributed by atoms with Gasteiger partial charge in [-0.25, -0.2) is 4.98 Å². The largest absolute Gasteiger partial charge is 0.493 e. The maximum Gasteiger partial charge on any atom is 0.219 e. The van der Waals surface area contributed by atoms with Gasteiger partial charge in [-0.1, -0.05) is 17.7 Å². The molecule has 4 aromatic rings. The Bertz CT molecular complexity index is 1200. The third-order valence-corrected chi connectivity index (χ3v) is 6.86. The minimum absolute atomic E-state index is 0.0942. The highest BCUT2D eigenvalue weighted by molar-refractivity contribution is 14.1. The van der Waals surface area contributed by atoms with Crippen molar-refractivity contribution in [2.24, 2.45) is 0 Å². The van der Waals surface area contributed by atoms with Crippen LogP contribution in [0.2, 0.25) is 0 Å². The van der Waals surface area contributed by atoms with E-state index >= 15 is 0 Å². The number of fused-ring (bicyclic) bond motifs is 1. The molecule has 4 rings (SSSR count). The van der Waals surface area contributed by atoms with Crippen molar-refractivity contribution in [2.75, 3.05) is 13.7 Å². The van der Waals surface area contributed by atoms with Gasteiger partial charge in [0.25, 0.3) is 0 Å². The highest BCUT2D eigenvalue weighted by Gasteiger charge is 2.18. The molecular weight excluding hydrogens is 533 g/mol. The lowest BCUT2D eigenvalue weighted by molar-refractivity contribution is -0.120. The quantitative estimate of drug-likeness (QED) is 0.192. The number of unbranched alkanes of at least 4 members (excludes halogenated alkanes) is 2. The summed E-state index contributed by atoms with van der Waals surface area (Å²) in [5, 5.41) is 6.88. The van der Waals surface area contributed by atoms with E-state index in [-0.39, 0.29) is 5.91 Å². The number of thiophene rings is 1. The second-order valence-corrected chi connectivity index (χ2v) is 9.67. The lowest BCUT2D eigenvalue weighted by Gasteiger charge is -2.11. The number of nitrogens with one attached hydrogen (secondary N) is 1. The maximum atomic E-state index is 11.3. The summed E-state index contributed by atoms with van der Waals surface area (Å²) < 4.78 is 9.38. The van der Waals surface area contributed by atoms with Crippen molar-refractivity contribution in [2.45, 2.75) is 32.6 Å². The number of benzene rings is 2. The average Bonchev–Trinajstić information content (AvgIpc) is 3.45. The molecule has 166 valence electrons. The van der Waals surface area contributed by atoms with E-state index in [1.54, 1.807) is 18.4 Å². The number of ether oxygens (including phenoxy) is 1. The number of carbonyl (C=O) groups excluding carboxylic acids is 1. The fraction of sp³-hybridized carbons (Fsp3) is 0.280. The van der Waals surface area contributed by atoms with Gasteiger partial charge in [0.15, 0.2) is 0 Å². The molecule has 0 aliphatic heterocycles. The summed E-state index contributed by atoms with van der Waals surface area (Å²) in [6.07, 6.45) is 3.34. The number of rotatable bonds is 9. The van der Waals surface area contributed by atoms with Crippen LogP contribution >= 0.6 is 33.9 Å². The molecule has 5 nitrogen and oxygen atoms in total. The van der Waals surface area contributed by atoms with Crippen molar-refractivity contribution < 1.29 is 9.53 Å². The van der Waals surface area contributed by atoms with Crippen LogP contribution in [-0.2, 0) is 4.79 Å². The van der Waals surface area contributed by atoms with Crippen molar-refractivity contribution >= 4 is 50.9 Å². The number of halogens is 1. The third kappa shape index (κ3) is 5.15. The number of hydrogen-bond acceptors (Lipinski definition) is 4. The first-order chi connectivity index (χ1) is 15.6. The molecule has 2 aromatic heterocycles. The number of hydrogen-bond donors (Lipinski definition) is 1. The summed E-state index contributed by atoms with van der Waals surface area (Å²) in [5.41, 5.74) is 5.44. The van der Waals surface area contributed by atoms with Crippen LogP contribution in [-0.4, -0.2) is 29.1 Å². The number of carbonyl (C=O) groups is 1. The molecule has 0 radical (unpaired) electrons. The predicted octanol–water partition coefficient (Wildman–Crippen LogP) is 6.35. The molecule has 0 saturated carbocycles. The highest BCUT2D eigenvalue weighted by atomic mass is 127. The van der Waals surface area contributed by atoms with Crippen molar-refractivity contribution in [3.63, 3.8) is 0 Å². The van der Waals surface area contributed by atoms with Crippen molar-refractivity contribution in [3.05, 3.63) is 62.4 Å². The minimum Gasteiger partial charge on any atom is -0.493 e. The summed E-state index contributed by atoms with van der Waals surface area (Å²) >= 11 is 4.02. The Morgan fingerprint density at radius 1 is 1.16 bits per heavy atom. The molecule has 32 heavy (non-hydrogen) atoms. The Hall–Kier alpha value is -2.39. The molecule has 1 amide bonds. The van der Waals surface area contributed by atoms with Crippen molar-refractivity contribution in [3.8, 4) is 22.8 Å². The molecule has 0 aliphatic rings. The molecule has 1 N–H and O–H groups in total. The Morgan fingerprint density at radius 3 is 2.69 bits per heavy atom. The molecule has 0 unspecified atom stereocenters. The fourth-order valence-corrected chi connectivity index (χ4v) is 4.95. The first kappa shape index (κ1) is 22.8. The van der Waals surface area contributed by atoms with E-state index in [1.807, 2.05) is 0 Å². The summed E-state index contributed by atoms with van der Waals surface area (Å²) in [6.45, 7) is 2.73. The number of aryl methyl sites for hydroxylation is 1. The maximum absolute atomic E-state index is 11.3. The molecule has 0 aliphatic carbocycles. The normalized spacial score (nSPS) is 11.1. The van der Waals surface area contributed by atoms with Gasteiger partial charge in [0.1, 0.15) is 17.1 Å². The van der Waals surface area contributed by atoms with Gasteiger partial charge in [-0.2, -0.15) is 11.3 Å². The Kier molecular flexibility index (Phi) is 7.47. The van der Waals surface area contributed by atoms with Crippen LogP contribution < -0.4 is 10.1 Å². The van der Waals surface area contributed by atoms with E-state index < -0.39 is 0 Å². The number of nitrogens with zero attached hydrogens (tertiary/aromatic N) is 2. The Balaban J connectivity index is 1.61. The molecule has 0 bridgehead atoms. The van der Waals surface area contributed by atoms with Crippen molar-refractivity contribution in [1.29, 1.82) is 0 Å². The second-order valence-electron chi connectivity index (χ2n) is 7.72. The van der Waals surface area contributed by atoms with E-state index in [2.05, 4.69) is 92.6 Å². The number of imidazole rings is 1. The van der Waals surface area contributed by atoms with Gasteiger partial charge in [0, 0.05) is 39.7 Å². The third-order valence-electron chi connectivity index (χ3n) is 5.35. The van der Waals surface area contributed by atoms with Crippen LogP contribution in [0.1, 0.15) is 31.2 Å². The van der Waals surface area contributed by atoms with E-state index in [4.69, 9.17) is 9.72 Å². The topological polar surface area (TPSA) is 56.1 Å². The fourth-order valence-electron chi connectivity index (χ4n) is 3.61. The molecule has 0 spiro atoms. The van der Waals surface area contributed by atoms with Crippen LogP contribution in [0.15, 0.2) is 53.2 Å². The standard InChI is InChI=1S/C25H26IN3O2S/c1-17-7-9-19(10-8-17)29-22-15-20(31-12-5-3-4-6-23(30)27-2)14-21(26)24(22)28-25(29)18-11-13-32-16-18/h7-11,13-16H,3-6,12H2,1-2H3,(H,27,30). The van der Waals surface area contributed by atoms with E-state index in [0.29, 0.717) is 13.0 Å². The zero-order chi connectivity index (χ0) is 22.5. The van der Waals surface area contributed by atoms with Crippen molar-refractivity contribution in [1.82, 2.24) is 14.9 Å². The molecule has 2 aromatic carbocycles. The van der Waals surface area contributed by atoms with Gasteiger partial charge >= 0.3 is 0 Å². The molecule has 0 atom stereocenters. The van der Waals surface area contributed by atoms with Crippen LogP contribution in [0.3, 0.4) is 0 Å². The van der Waals surface area contributed by atoms with Crippen LogP contribution in [0.5, 0.6) is 5.75 Å². The molecular formula is C25H26IN3O2S. The van der Waals surface area contributed by atoms with Crippen LogP contribution in [0, 0.1) is 10.5 Å². The van der Waals surface area contributed by atoms with Crippen LogP contribution in [0.25, 0.3) is 28.1 Å². The summed E-state index contributed by atoms with van der Waals surface area (Å²) in [6, 6.07) is 14.8. The molecule has 7 heteroatoms. The summed E-state index contributed by atoms with van der Waals surface area (Å²) in [4.78, 5) is 16.3. The first-order valence-electron chi connectivity index (χ1n) is 10.7. The van der Waals surface area contributed by atoms with Crippen LogP contribution in [0.4, 0.5) is 0 Å². The zero-order valence-corrected chi connectivity index (χ0v) is 21.2. The van der Waals surface area contributed by atoms with Gasteiger partial charge < -0.3 is 10.1 Å². The second kappa shape index (κ2) is 10.5. The SMILES string of the molecule is CNC(=O)CCCCCOc1cc(I)c2nc(-c3ccsc3)n(-c3ccc(C)cc3)c2c1. The van der Waals surface area contributed by atoms with Gasteiger partial charge in [0.05, 0.1) is 12.1 Å². The van der Waals surface area contributed by atoms with Gasteiger partial charge in [-0.15, -0.1) is 0 Å². The summed E-state index contributed by atoms with van der Waals surface area (Å²) in [7, 11) is 1.67. The monoisotopic (exact) mass is 559 g/mol. The number of aromatic nitrogens is 2. The smallest absolute Gasteiger partial charge is 0.219 e. The highest BCUT2D eigenvalue weighted by Crippen LogP contribution is 2.34. The minimum atomic E-state index is 0.0942. The van der Waals surface area contributed by atoms with Gasteiger partial charge in [0.2, 0.25) is 5.91 Å². The Morgan fingerprint density at radius 2 is 1.97 bits per heavy atom. The van der Waals surface area contributed by atoms with Gasteiger partial charge in [-0.3, -0.25) is 9.36 Å². The zero-order valence-electron chi connectivity index (χ0n) is 18.2. The first-order valence-corrected chi connectivity index (χ1v) is 12.7. The van der Waals surface area contributed by atoms with E-state index in [0.717, 1.165) is 56.7 Å². The lowest BCUT2D eigenvalue weighted by Crippen LogP contribution is -2.16. The average molecular weight is 559 g/mol. The van der Waals surface area contributed by atoms with E-state index in [9.17, 15) is 4.79 Å². The van der Waals surface area contributed by atoms with E-state index in [1.165, 1.54) is 5.56 Å². The molecule has 0 fully saturated rings.